The molecule has 0 aliphatic heterocycles. The first-order chi connectivity index (χ1) is 11.6. The van der Waals surface area contributed by atoms with Crippen molar-refractivity contribution in [3.8, 4) is 11.5 Å². The standard InChI is InChI=1S/C20H16FNO2/c1-14-4-2-7-19(12-14)24-18-10-8-17(9-11-18)22-20(23)15-5-3-6-16(21)13-15/h2-13H,1H3,(H,22,23). The van der Waals surface area contributed by atoms with Crippen LogP contribution in [0.4, 0.5) is 10.1 Å². The van der Waals surface area contributed by atoms with Crippen LogP contribution in [0.3, 0.4) is 0 Å². The summed E-state index contributed by atoms with van der Waals surface area (Å²) in [6.45, 7) is 2.00. The van der Waals surface area contributed by atoms with Crippen molar-refractivity contribution in [1.82, 2.24) is 0 Å². The number of halogens is 1. The minimum atomic E-state index is -0.440. The van der Waals surface area contributed by atoms with E-state index in [1.807, 2.05) is 31.2 Å². The summed E-state index contributed by atoms with van der Waals surface area (Å²) in [5, 5.41) is 2.72. The molecule has 0 spiro atoms. The molecule has 3 nitrogen and oxygen atoms in total. The van der Waals surface area contributed by atoms with Crippen molar-refractivity contribution in [2.75, 3.05) is 5.32 Å². The van der Waals surface area contributed by atoms with Crippen LogP contribution in [0.25, 0.3) is 0 Å². The van der Waals surface area contributed by atoms with E-state index in [0.717, 1.165) is 11.3 Å². The second-order valence-electron chi connectivity index (χ2n) is 5.41. The lowest BCUT2D eigenvalue weighted by Gasteiger charge is -2.09. The Hall–Kier alpha value is -3.14. The Labute approximate surface area is 139 Å². The highest BCUT2D eigenvalue weighted by Crippen LogP contribution is 2.23. The summed E-state index contributed by atoms with van der Waals surface area (Å²) in [6.07, 6.45) is 0. The zero-order chi connectivity index (χ0) is 16.9. The van der Waals surface area contributed by atoms with Gasteiger partial charge in [0.2, 0.25) is 0 Å². The predicted octanol–water partition coefficient (Wildman–Crippen LogP) is 5.18. The Morgan fingerprint density at radius 3 is 2.38 bits per heavy atom. The number of amides is 1. The van der Waals surface area contributed by atoms with Crippen molar-refractivity contribution in [3.05, 3.63) is 89.7 Å². The summed E-state index contributed by atoms with van der Waals surface area (Å²) >= 11 is 0. The van der Waals surface area contributed by atoms with Gasteiger partial charge in [0.05, 0.1) is 0 Å². The van der Waals surface area contributed by atoms with Gasteiger partial charge in [0.1, 0.15) is 17.3 Å². The minimum Gasteiger partial charge on any atom is -0.457 e. The maximum atomic E-state index is 13.2. The molecule has 0 aliphatic carbocycles. The quantitative estimate of drug-likeness (QED) is 0.719. The summed E-state index contributed by atoms with van der Waals surface area (Å²) in [6, 6.07) is 20.3. The number of ether oxygens (including phenoxy) is 1. The van der Waals surface area contributed by atoms with Crippen molar-refractivity contribution in [2.45, 2.75) is 6.92 Å². The van der Waals surface area contributed by atoms with Crippen LogP contribution in [0, 0.1) is 12.7 Å². The first-order valence-corrected chi connectivity index (χ1v) is 7.52. The predicted molar refractivity (Wildman–Crippen MR) is 92.0 cm³/mol. The Morgan fingerprint density at radius 2 is 1.67 bits per heavy atom. The normalized spacial score (nSPS) is 10.2. The van der Waals surface area contributed by atoms with Gasteiger partial charge in [-0.2, -0.15) is 0 Å². The number of anilines is 1. The Balaban J connectivity index is 1.67. The maximum absolute atomic E-state index is 13.2. The van der Waals surface area contributed by atoms with E-state index in [-0.39, 0.29) is 11.5 Å². The van der Waals surface area contributed by atoms with Gasteiger partial charge >= 0.3 is 0 Å². The largest absolute Gasteiger partial charge is 0.457 e. The molecule has 0 bridgehead atoms. The van der Waals surface area contributed by atoms with Gasteiger partial charge in [0.25, 0.3) is 5.91 Å². The van der Waals surface area contributed by atoms with Gasteiger partial charge in [-0.15, -0.1) is 0 Å². The van der Waals surface area contributed by atoms with E-state index in [0.29, 0.717) is 11.4 Å². The van der Waals surface area contributed by atoms with Gasteiger partial charge in [-0.05, 0) is 67.1 Å². The topological polar surface area (TPSA) is 38.3 Å². The lowest BCUT2D eigenvalue weighted by Crippen LogP contribution is -2.11. The number of hydrogen-bond donors (Lipinski definition) is 1. The number of benzene rings is 3. The molecule has 0 aromatic heterocycles. The number of rotatable bonds is 4. The van der Waals surface area contributed by atoms with Crippen LogP contribution in [-0.4, -0.2) is 5.91 Å². The highest BCUT2D eigenvalue weighted by atomic mass is 19.1. The highest BCUT2D eigenvalue weighted by molar-refractivity contribution is 6.04. The van der Waals surface area contributed by atoms with Crippen LogP contribution in [-0.2, 0) is 0 Å². The minimum absolute atomic E-state index is 0.273. The molecule has 4 heteroatoms. The molecule has 0 fully saturated rings. The van der Waals surface area contributed by atoms with E-state index in [1.165, 1.54) is 18.2 Å². The molecular weight excluding hydrogens is 305 g/mol. The fourth-order valence-corrected chi connectivity index (χ4v) is 2.25. The average molecular weight is 321 g/mol. The van der Waals surface area contributed by atoms with Gasteiger partial charge in [-0.25, -0.2) is 4.39 Å². The van der Waals surface area contributed by atoms with Crippen LogP contribution in [0.1, 0.15) is 15.9 Å². The molecule has 0 saturated heterocycles. The van der Waals surface area contributed by atoms with Crippen LogP contribution in [0.15, 0.2) is 72.8 Å². The third kappa shape index (κ3) is 3.98. The molecule has 120 valence electrons. The van der Waals surface area contributed by atoms with Gasteiger partial charge in [0.15, 0.2) is 0 Å². The molecule has 0 heterocycles. The van der Waals surface area contributed by atoms with Crippen molar-refractivity contribution >= 4 is 11.6 Å². The van der Waals surface area contributed by atoms with E-state index in [1.54, 1.807) is 30.3 Å². The molecule has 0 saturated carbocycles. The number of hydrogen-bond acceptors (Lipinski definition) is 2. The molecule has 3 rings (SSSR count). The van der Waals surface area contributed by atoms with Crippen LogP contribution in [0.5, 0.6) is 11.5 Å². The third-order valence-electron chi connectivity index (χ3n) is 3.42. The second kappa shape index (κ2) is 6.96. The van der Waals surface area contributed by atoms with Crippen molar-refractivity contribution in [3.63, 3.8) is 0 Å². The van der Waals surface area contributed by atoms with E-state index in [2.05, 4.69) is 5.32 Å². The Morgan fingerprint density at radius 1 is 0.917 bits per heavy atom. The Kier molecular flexibility index (Phi) is 4.57. The lowest BCUT2D eigenvalue weighted by molar-refractivity contribution is 0.102. The van der Waals surface area contributed by atoms with Gasteiger partial charge in [0, 0.05) is 11.3 Å². The zero-order valence-electron chi connectivity index (χ0n) is 13.1. The second-order valence-corrected chi connectivity index (χ2v) is 5.41. The molecule has 0 atom stereocenters. The SMILES string of the molecule is Cc1cccc(Oc2ccc(NC(=O)c3cccc(F)c3)cc2)c1. The number of nitrogens with one attached hydrogen (secondary N) is 1. The molecule has 3 aromatic carbocycles. The van der Waals surface area contributed by atoms with Crippen LogP contribution >= 0.6 is 0 Å². The number of carbonyl (C=O) groups excluding carboxylic acids is 1. The van der Waals surface area contributed by atoms with E-state index >= 15 is 0 Å². The Bertz CT molecular complexity index is 860. The molecule has 3 aromatic rings. The van der Waals surface area contributed by atoms with E-state index < -0.39 is 5.82 Å². The molecule has 0 unspecified atom stereocenters. The fourth-order valence-electron chi connectivity index (χ4n) is 2.25. The summed E-state index contributed by atoms with van der Waals surface area (Å²) in [5.74, 6) is 0.627. The number of aryl methyl sites for hydroxylation is 1. The molecule has 1 amide bonds. The molecule has 1 N–H and O–H groups in total. The first-order valence-electron chi connectivity index (χ1n) is 7.52. The molecular formula is C20H16FNO2. The van der Waals surface area contributed by atoms with Crippen LogP contribution in [0.2, 0.25) is 0 Å². The maximum Gasteiger partial charge on any atom is 0.255 e. The zero-order valence-corrected chi connectivity index (χ0v) is 13.1. The summed E-state index contributed by atoms with van der Waals surface area (Å²) < 4.78 is 18.9. The monoisotopic (exact) mass is 321 g/mol. The summed E-state index contributed by atoms with van der Waals surface area (Å²) in [5.41, 5.74) is 2.00. The lowest BCUT2D eigenvalue weighted by atomic mass is 10.2. The first kappa shape index (κ1) is 15.7. The van der Waals surface area contributed by atoms with Crippen molar-refractivity contribution in [2.24, 2.45) is 0 Å². The van der Waals surface area contributed by atoms with Crippen molar-refractivity contribution in [1.29, 1.82) is 0 Å². The molecule has 0 aliphatic rings. The van der Waals surface area contributed by atoms with Gasteiger partial charge in [-0.3, -0.25) is 4.79 Å². The average Bonchev–Trinajstić information content (AvgIpc) is 2.57. The molecule has 24 heavy (non-hydrogen) atoms. The summed E-state index contributed by atoms with van der Waals surface area (Å²) in [7, 11) is 0. The number of carbonyl (C=O) groups is 1. The van der Waals surface area contributed by atoms with E-state index in [9.17, 15) is 9.18 Å². The third-order valence-corrected chi connectivity index (χ3v) is 3.42. The molecule has 0 radical (unpaired) electrons. The van der Waals surface area contributed by atoms with Crippen LogP contribution < -0.4 is 10.1 Å². The van der Waals surface area contributed by atoms with Gasteiger partial charge in [-0.1, -0.05) is 18.2 Å². The van der Waals surface area contributed by atoms with Gasteiger partial charge < -0.3 is 10.1 Å². The highest BCUT2D eigenvalue weighted by Gasteiger charge is 2.07. The fraction of sp³-hybridized carbons (Fsp3) is 0.0500. The van der Waals surface area contributed by atoms with Crippen molar-refractivity contribution < 1.29 is 13.9 Å². The summed E-state index contributed by atoms with van der Waals surface area (Å²) in [4.78, 5) is 12.1. The smallest absolute Gasteiger partial charge is 0.255 e. The van der Waals surface area contributed by atoms with E-state index in [4.69, 9.17) is 4.74 Å².